The molecule has 5 heteroatoms. The lowest BCUT2D eigenvalue weighted by atomic mass is 10.2. The molecule has 0 amide bonds. The SMILES string of the molecule is Cc1ccc(N2CCN(C[C@H](O)COc3ccc(O)cc3)CC2)cc1. The molecule has 2 N–H and O–H groups in total. The van der Waals surface area contributed by atoms with E-state index in [0.717, 1.165) is 26.2 Å². The van der Waals surface area contributed by atoms with Crippen LogP contribution in [0, 0.1) is 6.92 Å². The number of hydrogen-bond acceptors (Lipinski definition) is 5. The zero-order valence-electron chi connectivity index (χ0n) is 14.6. The molecule has 0 aliphatic carbocycles. The maximum absolute atomic E-state index is 10.2. The van der Waals surface area contributed by atoms with Gasteiger partial charge in [-0.2, -0.15) is 0 Å². The number of phenolic OH excluding ortho intramolecular Hbond substituents is 1. The van der Waals surface area contributed by atoms with E-state index in [1.165, 1.54) is 11.3 Å². The van der Waals surface area contributed by atoms with Crippen LogP contribution in [0.3, 0.4) is 0 Å². The van der Waals surface area contributed by atoms with Crippen LogP contribution in [0.15, 0.2) is 48.5 Å². The Morgan fingerprint density at radius 1 is 0.960 bits per heavy atom. The van der Waals surface area contributed by atoms with Crippen LogP contribution < -0.4 is 9.64 Å². The third-order valence-corrected chi connectivity index (χ3v) is 4.52. The molecule has 0 aromatic heterocycles. The van der Waals surface area contributed by atoms with Crippen LogP contribution in [0.5, 0.6) is 11.5 Å². The average Bonchev–Trinajstić information content (AvgIpc) is 2.63. The number of anilines is 1. The van der Waals surface area contributed by atoms with E-state index in [9.17, 15) is 10.2 Å². The van der Waals surface area contributed by atoms with Crippen LogP contribution in [0.2, 0.25) is 0 Å². The lowest BCUT2D eigenvalue weighted by molar-refractivity contribution is 0.0663. The summed E-state index contributed by atoms with van der Waals surface area (Å²) in [5.41, 5.74) is 2.54. The Bertz CT molecular complexity index is 650. The highest BCUT2D eigenvalue weighted by Gasteiger charge is 2.19. The van der Waals surface area contributed by atoms with Crippen LogP contribution in [0.4, 0.5) is 5.69 Å². The molecule has 25 heavy (non-hydrogen) atoms. The van der Waals surface area contributed by atoms with Crippen LogP contribution in [0.25, 0.3) is 0 Å². The Balaban J connectivity index is 1.40. The summed E-state index contributed by atoms with van der Waals surface area (Å²) >= 11 is 0. The molecule has 3 rings (SSSR count). The Kier molecular flexibility index (Phi) is 5.79. The molecule has 1 heterocycles. The number of phenols is 1. The van der Waals surface area contributed by atoms with Gasteiger partial charge in [0, 0.05) is 38.4 Å². The second-order valence-corrected chi connectivity index (χ2v) is 6.58. The summed E-state index contributed by atoms with van der Waals surface area (Å²) in [6.45, 7) is 6.77. The van der Waals surface area contributed by atoms with Crippen molar-refractivity contribution in [2.45, 2.75) is 13.0 Å². The number of nitrogens with zero attached hydrogens (tertiary/aromatic N) is 2. The Labute approximate surface area is 149 Å². The molecule has 1 aliphatic heterocycles. The van der Waals surface area contributed by atoms with E-state index in [4.69, 9.17) is 4.74 Å². The zero-order chi connectivity index (χ0) is 17.6. The summed E-state index contributed by atoms with van der Waals surface area (Å²) in [7, 11) is 0. The van der Waals surface area contributed by atoms with Crippen molar-refractivity contribution in [3.63, 3.8) is 0 Å². The minimum Gasteiger partial charge on any atom is -0.508 e. The van der Waals surface area contributed by atoms with Crippen LogP contribution in [0.1, 0.15) is 5.56 Å². The van der Waals surface area contributed by atoms with Gasteiger partial charge in [-0.15, -0.1) is 0 Å². The first-order valence-corrected chi connectivity index (χ1v) is 8.74. The molecular formula is C20H26N2O3. The molecule has 1 aliphatic rings. The van der Waals surface area contributed by atoms with E-state index in [1.807, 2.05) is 0 Å². The van der Waals surface area contributed by atoms with Gasteiger partial charge in [0.1, 0.15) is 24.2 Å². The average molecular weight is 342 g/mol. The summed E-state index contributed by atoms with van der Waals surface area (Å²) in [6, 6.07) is 15.2. The number of benzene rings is 2. The molecule has 0 saturated carbocycles. The van der Waals surface area contributed by atoms with Crippen LogP contribution in [-0.2, 0) is 0 Å². The fraction of sp³-hybridized carbons (Fsp3) is 0.400. The van der Waals surface area contributed by atoms with Crippen LogP contribution >= 0.6 is 0 Å². The predicted molar refractivity (Wildman–Crippen MR) is 99.4 cm³/mol. The normalized spacial score (nSPS) is 16.6. The molecule has 1 saturated heterocycles. The number of aliphatic hydroxyl groups is 1. The Morgan fingerprint density at radius 2 is 1.60 bits per heavy atom. The third kappa shape index (κ3) is 5.11. The fourth-order valence-electron chi connectivity index (χ4n) is 3.03. The number of β-amino-alcohol motifs (C(OH)–C–C–N with tert-alkyl or cyclic N) is 1. The van der Waals surface area contributed by atoms with Gasteiger partial charge < -0.3 is 19.8 Å². The van der Waals surface area contributed by atoms with Crippen molar-refractivity contribution >= 4 is 5.69 Å². The van der Waals surface area contributed by atoms with Crippen molar-refractivity contribution in [2.75, 3.05) is 44.2 Å². The molecule has 0 spiro atoms. The van der Waals surface area contributed by atoms with Gasteiger partial charge in [0.25, 0.3) is 0 Å². The van der Waals surface area contributed by atoms with Crippen molar-refractivity contribution < 1.29 is 14.9 Å². The minimum absolute atomic E-state index is 0.208. The van der Waals surface area contributed by atoms with Crippen molar-refractivity contribution in [3.8, 4) is 11.5 Å². The molecular weight excluding hydrogens is 316 g/mol. The van der Waals surface area contributed by atoms with Gasteiger partial charge in [0.2, 0.25) is 0 Å². The summed E-state index contributed by atoms with van der Waals surface area (Å²) in [6.07, 6.45) is -0.528. The largest absolute Gasteiger partial charge is 0.508 e. The number of rotatable bonds is 6. The number of hydrogen-bond donors (Lipinski definition) is 2. The molecule has 134 valence electrons. The van der Waals surface area contributed by atoms with E-state index < -0.39 is 6.10 Å². The smallest absolute Gasteiger partial charge is 0.119 e. The van der Waals surface area contributed by atoms with E-state index in [1.54, 1.807) is 24.3 Å². The molecule has 0 bridgehead atoms. The van der Waals surface area contributed by atoms with E-state index in [-0.39, 0.29) is 12.4 Å². The lowest BCUT2D eigenvalue weighted by Gasteiger charge is -2.36. The summed E-state index contributed by atoms with van der Waals surface area (Å²) in [4.78, 5) is 4.66. The summed E-state index contributed by atoms with van der Waals surface area (Å²) in [5, 5.41) is 19.5. The minimum atomic E-state index is -0.528. The highest BCUT2D eigenvalue weighted by Crippen LogP contribution is 2.18. The summed E-state index contributed by atoms with van der Waals surface area (Å²) in [5.74, 6) is 0.861. The number of ether oxygens (including phenoxy) is 1. The Hall–Kier alpha value is -2.24. The zero-order valence-corrected chi connectivity index (χ0v) is 14.6. The van der Waals surface area contributed by atoms with Gasteiger partial charge in [0.15, 0.2) is 0 Å². The van der Waals surface area contributed by atoms with E-state index in [0.29, 0.717) is 12.3 Å². The standard InChI is InChI=1S/C20H26N2O3/c1-16-2-4-17(5-3-16)22-12-10-21(11-13-22)14-19(24)15-25-20-8-6-18(23)7-9-20/h2-9,19,23-24H,10-15H2,1H3/t19-/m0/s1. The van der Waals surface area contributed by atoms with Gasteiger partial charge in [-0.05, 0) is 43.3 Å². The van der Waals surface area contributed by atoms with Crippen molar-refractivity contribution in [1.82, 2.24) is 4.90 Å². The molecule has 1 fully saturated rings. The second kappa shape index (κ2) is 8.23. The number of piperazine rings is 1. The Morgan fingerprint density at radius 3 is 2.24 bits per heavy atom. The molecule has 0 unspecified atom stereocenters. The first-order valence-electron chi connectivity index (χ1n) is 8.74. The second-order valence-electron chi connectivity index (χ2n) is 6.58. The third-order valence-electron chi connectivity index (χ3n) is 4.52. The van der Waals surface area contributed by atoms with Gasteiger partial charge >= 0.3 is 0 Å². The van der Waals surface area contributed by atoms with E-state index >= 15 is 0 Å². The highest BCUT2D eigenvalue weighted by atomic mass is 16.5. The van der Waals surface area contributed by atoms with E-state index in [2.05, 4.69) is 41.0 Å². The number of aliphatic hydroxyl groups excluding tert-OH is 1. The first kappa shape index (κ1) is 17.6. The maximum Gasteiger partial charge on any atom is 0.119 e. The lowest BCUT2D eigenvalue weighted by Crippen LogP contribution is -2.49. The predicted octanol–water partition coefficient (Wildman–Crippen LogP) is 2.26. The summed E-state index contributed by atoms with van der Waals surface area (Å²) < 4.78 is 5.57. The highest BCUT2D eigenvalue weighted by molar-refractivity contribution is 5.47. The fourth-order valence-corrected chi connectivity index (χ4v) is 3.03. The van der Waals surface area contributed by atoms with Gasteiger partial charge in [0.05, 0.1) is 0 Å². The van der Waals surface area contributed by atoms with Crippen LogP contribution in [-0.4, -0.2) is 60.5 Å². The quantitative estimate of drug-likeness (QED) is 0.843. The van der Waals surface area contributed by atoms with Gasteiger partial charge in [-0.3, -0.25) is 4.90 Å². The molecule has 2 aromatic rings. The topological polar surface area (TPSA) is 56.2 Å². The molecule has 1 atom stereocenters. The van der Waals surface area contributed by atoms with Crippen molar-refractivity contribution in [1.29, 1.82) is 0 Å². The molecule has 0 radical (unpaired) electrons. The van der Waals surface area contributed by atoms with Gasteiger partial charge in [-0.25, -0.2) is 0 Å². The van der Waals surface area contributed by atoms with Gasteiger partial charge in [-0.1, -0.05) is 17.7 Å². The number of aryl methyl sites for hydroxylation is 1. The first-order chi connectivity index (χ1) is 12.1. The number of aromatic hydroxyl groups is 1. The maximum atomic E-state index is 10.2. The monoisotopic (exact) mass is 342 g/mol. The van der Waals surface area contributed by atoms with Crippen molar-refractivity contribution in [2.24, 2.45) is 0 Å². The molecule has 5 nitrogen and oxygen atoms in total. The molecule has 2 aromatic carbocycles. The van der Waals surface area contributed by atoms with Crippen molar-refractivity contribution in [3.05, 3.63) is 54.1 Å².